The van der Waals surface area contributed by atoms with E-state index in [1.54, 1.807) is 0 Å². The normalized spacial score (nSPS) is 10.4. The minimum atomic E-state index is -1.54. The van der Waals surface area contributed by atoms with Gasteiger partial charge >= 0.3 is 11.9 Å². The molecule has 0 aliphatic heterocycles. The van der Waals surface area contributed by atoms with Crippen molar-refractivity contribution in [2.75, 3.05) is 6.61 Å². The van der Waals surface area contributed by atoms with E-state index >= 15 is 0 Å². The van der Waals surface area contributed by atoms with E-state index in [4.69, 9.17) is 11.7 Å². The van der Waals surface area contributed by atoms with E-state index in [0.29, 0.717) is 0 Å². The fourth-order valence-electron chi connectivity index (χ4n) is 0.482. The summed E-state index contributed by atoms with van der Waals surface area (Å²) in [5.74, 6) is 0.343. The van der Waals surface area contributed by atoms with Crippen LogP contribution in [0.5, 0.6) is 0 Å². The number of nitriles is 1. The predicted octanol–water partition coefficient (Wildman–Crippen LogP) is -0.382. The molecule has 1 unspecified atom stereocenters. The third-order valence-corrected chi connectivity index (χ3v) is 0.913. The predicted molar refractivity (Wildman–Crippen MR) is 41.0 cm³/mol. The highest BCUT2D eigenvalue weighted by Crippen LogP contribution is 1.94. The Bertz CT molecular complexity index is 283. The summed E-state index contributed by atoms with van der Waals surface area (Å²) in [5, 5.41) is 8.36. The maximum absolute atomic E-state index is 10.9. The molecule has 0 radical (unpaired) electrons. The molecule has 0 N–H and O–H groups in total. The molecule has 0 spiro atoms. The first-order valence-corrected chi connectivity index (χ1v) is 3.28. The third kappa shape index (κ3) is 4.44. The zero-order chi connectivity index (χ0) is 10.3. The van der Waals surface area contributed by atoms with Crippen molar-refractivity contribution in [1.29, 1.82) is 5.26 Å². The van der Waals surface area contributed by atoms with Gasteiger partial charge in [0.25, 0.3) is 6.10 Å². The molecule has 0 aromatic carbocycles. The topological polar surface area (TPSA) is 76.4 Å². The van der Waals surface area contributed by atoms with Crippen molar-refractivity contribution in [2.45, 2.75) is 13.0 Å². The second-order valence-corrected chi connectivity index (χ2v) is 1.93. The molecule has 0 saturated carbocycles. The Labute approximate surface area is 75.2 Å². The molecule has 0 saturated heterocycles. The first-order valence-electron chi connectivity index (χ1n) is 3.28. The van der Waals surface area contributed by atoms with Gasteiger partial charge in [0, 0.05) is 6.92 Å². The van der Waals surface area contributed by atoms with E-state index in [-0.39, 0.29) is 6.61 Å². The van der Waals surface area contributed by atoms with Crippen LogP contribution in [0.15, 0.2) is 0 Å². The van der Waals surface area contributed by atoms with Crippen LogP contribution in [0.1, 0.15) is 6.92 Å². The van der Waals surface area contributed by atoms with Crippen molar-refractivity contribution in [3.8, 4) is 18.4 Å². The Kier molecular flexibility index (Phi) is 4.75. The molecule has 0 rings (SSSR count). The van der Waals surface area contributed by atoms with Crippen molar-refractivity contribution in [3.63, 3.8) is 0 Å². The van der Waals surface area contributed by atoms with E-state index in [2.05, 4.69) is 9.47 Å². The molecule has 68 valence electrons. The Morgan fingerprint density at radius 1 is 1.62 bits per heavy atom. The number of ether oxygens (including phenoxy) is 2. The molecular weight excluding hydrogens is 174 g/mol. The highest BCUT2D eigenvalue weighted by Gasteiger charge is 2.21. The fourth-order valence-corrected chi connectivity index (χ4v) is 0.482. The lowest BCUT2D eigenvalue weighted by Gasteiger charge is -2.06. The Hall–Kier alpha value is -2.01. The number of nitrogens with zero attached hydrogens (tertiary/aromatic N) is 1. The molecule has 0 aliphatic rings. The molecule has 5 heteroatoms. The molecule has 0 fully saturated rings. The standard InChI is InChI=1S/C8H7NO4/c1-3-4-12-8(11)7(5-9)13-6(2)10/h1,7H,4H2,2H3. The van der Waals surface area contributed by atoms with E-state index < -0.39 is 18.0 Å². The van der Waals surface area contributed by atoms with Gasteiger partial charge in [-0.1, -0.05) is 5.92 Å². The second-order valence-electron chi connectivity index (χ2n) is 1.93. The molecule has 0 aromatic rings. The summed E-state index contributed by atoms with van der Waals surface area (Å²) in [7, 11) is 0. The average Bonchev–Trinajstić information content (AvgIpc) is 2.09. The van der Waals surface area contributed by atoms with Gasteiger partial charge in [0.2, 0.25) is 0 Å². The molecule has 5 nitrogen and oxygen atoms in total. The second kappa shape index (κ2) is 5.62. The summed E-state index contributed by atoms with van der Waals surface area (Å²) >= 11 is 0. The third-order valence-electron chi connectivity index (χ3n) is 0.913. The number of rotatable bonds is 3. The number of hydrogen-bond acceptors (Lipinski definition) is 5. The SMILES string of the molecule is C#CCOC(=O)C(C#N)OC(C)=O. The first-order chi connectivity index (χ1) is 6.11. The molecular formula is C8H7NO4. The van der Waals surface area contributed by atoms with Crippen LogP contribution in [-0.2, 0) is 19.1 Å². The van der Waals surface area contributed by atoms with Crippen LogP contribution in [-0.4, -0.2) is 24.6 Å². The number of hydrogen-bond donors (Lipinski definition) is 0. The van der Waals surface area contributed by atoms with Crippen molar-refractivity contribution in [3.05, 3.63) is 0 Å². The average molecular weight is 181 g/mol. The van der Waals surface area contributed by atoms with Crippen molar-refractivity contribution < 1.29 is 19.1 Å². The van der Waals surface area contributed by atoms with Gasteiger partial charge in [0.05, 0.1) is 0 Å². The maximum atomic E-state index is 10.9. The minimum absolute atomic E-state index is 0.252. The summed E-state index contributed by atoms with van der Waals surface area (Å²) in [6, 6.07) is 1.46. The number of esters is 2. The van der Waals surface area contributed by atoms with Crippen molar-refractivity contribution >= 4 is 11.9 Å². The summed E-state index contributed by atoms with van der Waals surface area (Å²) < 4.78 is 8.69. The van der Waals surface area contributed by atoms with Gasteiger partial charge < -0.3 is 9.47 Å². The summed E-state index contributed by atoms with van der Waals surface area (Å²) in [4.78, 5) is 21.2. The van der Waals surface area contributed by atoms with Gasteiger partial charge in [0.1, 0.15) is 6.07 Å². The van der Waals surface area contributed by atoms with E-state index in [0.717, 1.165) is 6.92 Å². The zero-order valence-electron chi connectivity index (χ0n) is 6.94. The lowest BCUT2D eigenvalue weighted by atomic mass is 10.4. The molecule has 1 atom stereocenters. The van der Waals surface area contributed by atoms with Gasteiger partial charge in [-0.2, -0.15) is 5.26 Å². The van der Waals surface area contributed by atoms with E-state index in [1.165, 1.54) is 6.07 Å². The number of carbonyl (C=O) groups is 2. The lowest BCUT2D eigenvalue weighted by Crippen LogP contribution is -2.26. The van der Waals surface area contributed by atoms with Crippen LogP contribution in [0.3, 0.4) is 0 Å². The summed E-state index contributed by atoms with van der Waals surface area (Å²) in [6.07, 6.45) is 3.27. The Morgan fingerprint density at radius 2 is 2.23 bits per heavy atom. The Morgan fingerprint density at radius 3 is 2.62 bits per heavy atom. The molecule has 0 bridgehead atoms. The highest BCUT2D eigenvalue weighted by molar-refractivity contribution is 5.81. The Balaban J connectivity index is 4.11. The van der Waals surface area contributed by atoms with E-state index in [9.17, 15) is 9.59 Å². The zero-order valence-corrected chi connectivity index (χ0v) is 6.94. The highest BCUT2D eigenvalue weighted by atomic mass is 16.6. The van der Waals surface area contributed by atoms with Crippen molar-refractivity contribution in [1.82, 2.24) is 0 Å². The van der Waals surface area contributed by atoms with Gasteiger partial charge in [-0.15, -0.1) is 6.42 Å². The van der Waals surface area contributed by atoms with Crippen LogP contribution in [0.4, 0.5) is 0 Å². The minimum Gasteiger partial charge on any atom is -0.449 e. The van der Waals surface area contributed by atoms with Gasteiger partial charge in [-0.3, -0.25) is 4.79 Å². The van der Waals surface area contributed by atoms with Crippen LogP contribution in [0.2, 0.25) is 0 Å². The van der Waals surface area contributed by atoms with Crippen molar-refractivity contribution in [2.24, 2.45) is 0 Å². The van der Waals surface area contributed by atoms with Crippen LogP contribution >= 0.6 is 0 Å². The first kappa shape index (κ1) is 11.0. The monoisotopic (exact) mass is 181 g/mol. The largest absolute Gasteiger partial charge is 0.449 e. The number of carbonyl (C=O) groups excluding carboxylic acids is 2. The van der Waals surface area contributed by atoms with Gasteiger partial charge in [-0.25, -0.2) is 4.79 Å². The lowest BCUT2D eigenvalue weighted by molar-refractivity contribution is -0.161. The summed E-state index contributed by atoms with van der Waals surface area (Å²) in [5.41, 5.74) is 0. The van der Waals surface area contributed by atoms with Crippen LogP contribution in [0.25, 0.3) is 0 Å². The van der Waals surface area contributed by atoms with Gasteiger partial charge in [0.15, 0.2) is 6.61 Å². The van der Waals surface area contributed by atoms with Crippen LogP contribution in [0, 0.1) is 23.7 Å². The molecule has 0 aromatic heterocycles. The summed E-state index contributed by atoms with van der Waals surface area (Å²) in [6.45, 7) is 0.830. The number of terminal acetylenes is 1. The quantitative estimate of drug-likeness (QED) is 0.438. The molecule has 13 heavy (non-hydrogen) atoms. The smallest absolute Gasteiger partial charge is 0.363 e. The van der Waals surface area contributed by atoms with Gasteiger partial charge in [-0.05, 0) is 0 Å². The van der Waals surface area contributed by atoms with Crippen LogP contribution < -0.4 is 0 Å². The molecule has 0 heterocycles. The fraction of sp³-hybridized carbons (Fsp3) is 0.375. The molecule has 0 aliphatic carbocycles. The van der Waals surface area contributed by atoms with E-state index in [1.807, 2.05) is 5.92 Å². The maximum Gasteiger partial charge on any atom is 0.363 e. The molecule has 0 amide bonds.